The molecule has 1 aromatic carbocycles. The van der Waals surface area contributed by atoms with E-state index in [0.717, 1.165) is 16.5 Å². The molecule has 4 heteroatoms. The van der Waals surface area contributed by atoms with E-state index in [1.54, 1.807) is 6.20 Å². The first-order valence-electron chi connectivity index (χ1n) is 5.19. The van der Waals surface area contributed by atoms with Crippen LogP contribution in [0.5, 0.6) is 0 Å². The zero-order valence-electron chi connectivity index (χ0n) is 9.00. The van der Waals surface area contributed by atoms with Gasteiger partial charge in [-0.05, 0) is 17.5 Å². The minimum Gasteiger partial charge on any atom is -0.334 e. The Labute approximate surface area is 97.6 Å². The molecule has 0 aliphatic rings. The molecule has 0 saturated carbocycles. The van der Waals surface area contributed by atoms with Gasteiger partial charge >= 0.3 is 0 Å². The molecule has 82 valence electrons. The van der Waals surface area contributed by atoms with Crippen molar-refractivity contribution in [3.05, 3.63) is 49.0 Å². The first-order valence-corrected chi connectivity index (χ1v) is 5.19. The molecule has 0 saturated heterocycles. The van der Waals surface area contributed by atoms with E-state index >= 15 is 0 Å². The first kappa shape index (κ1) is 9.72. The summed E-state index contributed by atoms with van der Waals surface area (Å²) >= 11 is 0. The number of fused-ring (bicyclic) bond motifs is 1. The summed E-state index contributed by atoms with van der Waals surface area (Å²) in [5.74, 6) is 0.881. The number of nitrogens with zero attached hydrogens (tertiary/aromatic N) is 3. The zero-order chi connectivity index (χ0) is 11.7. The molecular weight excluding hydrogens is 214 g/mol. The number of hydrogen-bond donors (Lipinski definition) is 0. The molecule has 0 bridgehead atoms. The second-order valence-electron chi connectivity index (χ2n) is 3.54. The molecule has 3 aromatic rings. The maximum atomic E-state index is 5.00. The highest BCUT2D eigenvalue weighted by molar-refractivity contribution is 5.92. The van der Waals surface area contributed by atoms with Crippen molar-refractivity contribution in [2.75, 3.05) is 0 Å². The number of benzene rings is 1. The molecule has 0 unspecified atom stereocenters. The monoisotopic (exact) mass is 223 g/mol. The van der Waals surface area contributed by atoms with E-state index in [1.165, 1.54) is 6.08 Å². The minimum atomic E-state index is 0.398. The van der Waals surface area contributed by atoms with Crippen molar-refractivity contribution >= 4 is 16.8 Å². The molecule has 4 nitrogen and oxygen atoms in total. The average Bonchev–Trinajstić information content (AvgIpc) is 2.87. The van der Waals surface area contributed by atoms with Gasteiger partial charge < -0.3 is 4.52 Å². The molecule has 0 N–H and O–H groups in total. The summed E-state index contributed by atoms with van der Waals surface area (Å²) in [6.45, 7) is 3.58. The third-order valence-corrected chi connectivity index (χ3v) is 2.50. The van der Waals surface area contributed by atoms with Crippen molar-refractivity contribution in [1.29, 1.82) is 0 Å². The largest absolute Gasteiger partial charge is 0.334 e. The lowest BCUT2D eigenvalue weighted by Crippen LogP contribution is -1.87. The molecule has 0 radical (unpaired) electrons. The van der Waals surface area contributed by atoms with Crippen LogP contribution >= 0.6 is 0 Å². The van der Waals surface area contributed by atoms with Gasteiger partial charge in [-0.2, -0.15) is 4.98 Å². The van der Waals surface area contributed by atoms with Crippen LogP contribution in [0.15, 0.2) is 47.6 Å². The summed E-state index contributed by atoms with van der Waals surface area (Å²) in [5, 5.41) is 5.99. The SMILES string of the molecule is C=Cc1nc(-c2nccc3ccccc23)no1. The standard InChI is InChI=1S/C13H9N3O/c1-2-11-15-13(16-17-11)12-10-6-4-3-5-9(10)7-8-14-12/h2-8H,1H2. The summed E-state index contributed by atoms with van der Waals surface area (Å²) in [6, 6.07) is 9.91. The van der Waals surface area contributed by atoms with Gasteiger partial charge in [0.05, 0.1) is 0 Å². The summed E-state index contributed by atoms with van der Waals surface area (Å²) in [5.41, 5.74) is 0.722. The normalized spacial score (nSPS) is 10.6. The summed E-state index contributed by atoms with van der Waals surface area (Å²) in [7, 11) is 0. The van der Waals surface area contributed by atoms with Crippen molar-refractivity contribution in [2.45, 2.75) is 0 Å². The number of hydrogen-bond acceptors (Lipinski definition) is 4. The lowest BCUT2D eigenvalue weighted by atomic mass is 10.1. The van der Waals surface area contributed by atoms with E-state index in [-0.39, 0.29) is 0 Å². The fourth-order valence-electron chi connectivity index (χ4n) is 1.71. The highest BCUT2D eigenvalue weighted by Crippen LogP contribution is 2.23. The van der Waals surface area contributed by atoms with Crippen LogP contribution in [-0.2, 0) is 0 Å². The lowest BCUT2D eigenvalue weighted by Gasteiger charge is -2.00. The Kier molecular flexibility index (Phi) is 2.19. The smallest absolute Gasteiger partial charge is 0.250 e. The van der Waals surface area contributed by atoms with E-state index in [0.29, 0.717) is 11.7 Å². The van der Waals surface area contributed by atoms with E-state index in [4.69, 9.17) is 4.52 Å². The topological polar surface area (TPSA) is 51.8 Å². The lowest BCUT2D eigenvalue weighted by molar-refractivity contribution is 0.411. The van der Waals surface area contributed by atoms with Crippen LogP contribution < -0.4 is 0 Å². The summed E-state index contributed by atoms with van der Waals surface area (Å²) < 4.78 is 5.00. The van der Waals surface area contributed by atoms with Crippen molar-refractivity contribution in [3.8, 4) is 11.5 Å². The Morgan fingerprint density at radius 2 is 2.06 bits per heavy atom. The van der Waals surface area contributed by atoms with Gasteiger partial charge in [0.25, 0.3) is 0 Å². The predicted molar refractivity (Wildman–Crippen MR) is 65.1 cm³/mol. The van der Waals surface area contributed by atoms with Gasteiger partial charge in [-0.3, -0.25) is 4.98 Å². The average molecular weight is 223 g/mol. The number of aromatic nitrogens is 3. The molecular formula is C13H9N3O. The van der Waals surface area contributed by atoms with Gasteiger partial charge in [-0.15, -0.1) is 0 Å². The van der Waals surface area contributed by atoms with Crippen molar-refractivity contribution in [3.63, 3.8) is 0 Å². The van der Waals surface area contributed by atoms with Gasteiger partial charge in [-0.25, -0.2) is 0 Å². The second kappa shape index (κ2) is 3.83. The second-order valence-corrected chi connectivity index (χ2v) is 3.54. The Morgan fingerprint density at radius 1 is 1.18 bits per heavy atom. The van der Waals surface area contributed by atoms with E-state index in [1.807, 2.05) is 30.3 Å². The summed E-state index contributed by atoms with van der Waals surface area (Å²) in [4.78, 5) is 8.50. The van der Waals surface area contributed by atoms with Gasteiger partial charge in [0.2, 0.25) is 11.7 Å². The van der Waals surface area contributed by atoms with E-state index < -0.39 is 0 Å². The van der Waals surface area contributed by atoms with Crippen molar-refractivity contribution in [1.82, 2.24) is 15.1 Å². The van der Waals surface area contributed by atoms with Gasteiger partial charge in [0.15, 0.2) is 0 Å². The molecule has 0 aliphatic heterocycles. The third-order valence-electron chi connectivity index (χ3n) is 2.50. The first-order chi connectivity index (χ1) is 8.38. The van der Waals surface area contributed by atoms with Crippen LogP contribution in [-0.4, -0.2) is 15.1 Å². The fraction of sp³-hybridized carbons (Fsp3) is 0. The van der Waals surface area contributed by atoms with E-state index in [2.05, 4.69) is 21.7 Å². The Balaban J connectivity index is 2.26. The predicted octanol–water partition coefficient (Wildman–Crippen LogP) is 2.93. The van der Waals surface area contributed by atoms with Crippen LogP contribution in [0, 0.1) is 0 Å². The highest BCUT2D eigenvalue weighted by Gasteiger charge is 2.10. The molecule has 2 aromatic heterocycles. The van der Waals surface area contributed by atoms with Crippen LogP contribution in [0.2, 0.25) is 0 Å². The molecule has 0 fully saturated rings. The van der Waals surface area contributed by atoms with Crippen molar-refractivity contribution < 1.29 is 4.52 Å². The van der Waals surface area contributed by atoms with Crippen LogP contribution in [0.1, 0.15) is 5.89 Å². The Morgan fingerprint density at radius 3 is 2.88 bits per heavy atom. The quantitative estimate of drug-likeness (QED) is 0.670. The van der Waals surface area contributed by atoms with Crippen molar-refractivity contribution in [2.24, 2.45) is 0 Å². The van der Waals surface area contributed by atoms with Gasteiger partial charge in [-0.1, -0.05) is 36.0 Å². The zero-order valence-corrected chi connectivity index (χ0v) is 9.00. The fourth-order valence-corrected chi connectivity index (χ4v) is 1.71. The molecule has 0 atom stereocenters. The molecule has 2 heterocycles. The molecule has 0 spiro atoms. The van der Waals surface area contributed by atoms with Gasteiger partial charge in [0.1, 0.15) is 5.69 Å². The molecule has 3 rings (SSSR count). The molecule has 0 aliphatic carbocycles. The van der Waals surface area contributed by atoms with Gasteiger partial charge in [0, 0.05) is 11.6 Å². The van der Waals surface area contributed by atoms with Crippen LogP contribution in [0.4, 0.5) is 0 Å². The third kappa shape index (κ3) is 1.59. The summed E-state index contributed by atoms with van der Waals surface area (Å²) in [6.07, 6.45) is 3.25. The number of pyridine rings is 1. The minimum absolute atomic E-state index is 0.398. The molecule has 0 amide bonds. The highest BCUT2D eigenvalue weighted by atomic mass is 16.5. The number of rotatable bonds is 2. The van der Waals surface area contributed by atoms with Crippen LogP contribution in [0.3, 0.4) is 0 Å². The maximum Gasteiger partial charge on any atom is 0.250 e. The van der Waals surface area contributed by atoms with E-state index in [9.17, 15) is 0 Å². The van der Waals surface area contributed by atoms with Crippen LogP contribution in [0.25, 0.3) is 28.4 Å². The molecule has 17 heavy (non-hydrogen) atoms. The Hall–Kier alpha value is -2.49. The Bertz CT molecular complexity index is 682. The maximum absolute atomic E-state index is 5.00.